The predicted molar refractivity (Wildman–Crippen MR) is 110 cm³/mol. The Hall–Kier alpha value is -3.31. The number of nitrogens with zero attached hydrogens (tertiary/aromatic N) is 3. The zero-order valence-corrected chi connectivity index (χ0v) is 16.8. The molecule has 1 heterocycles. The van der Waals surface area contributed by atoms with Crippen LogP contribution in [0.25, 0.3) is 0 Å². The SMILES string of the molecule is Cc1ccc(S(=O)(=O)N(CC(=O)Nc2ncc([N+](=O)[O-])s2)c2ccccc2)cc1. The first kappa shape index (κ1) is 20.4. The van der Waals surface area contributed by atoms with Gasteiger partial charge in [-0.2, -0.15) is 0 Å². The van der Waals surface area contributed by atoms with Crippen molar-refractivity contribution in [2.75, 3.05) is 16.2 Å². The third kappa shape index (κ3) is 4.76. The fourth-order valence-corrected chi connectivity index (χ4v) is 4.51. The molecule has 0 aliphatic rings. The molecule has 0 saturated heterocycles. The number of amides is 1. The number of nitro groups is 1. The van der Waals surface area contributed by atoms with E-state index in [4.69, 9.17) is 0 Å². The van der Waals surface area contributed by atoms with Gasteiger partial charge in [-0.05, 0) is 42.5 Å². The minimum Gasteiger partial charge on any atom is -0.300 e. The zero-order chi connectivity index (χ0) is 21.0. The number of hydrogen-bond donors (Lipinski definition) is 1. The Balaban J connectivity index is 1.88. The van der Waals surface area contributed by atoms with Crippen LogP contribution < -0.4 is 9.62 Å². The molecule has 0 aliphatic heterocycles. The first-order valence-corrected chi connectivity index (χ1v) is 10.6. The highest BCUT2D eigenvalue weighted by atomic mass is 32.2. The van der Waals surface area contributed by atoms with E-state index >= 15 is 0 Å². The number of aromatic nitrogens is 1. The number of hydrogen-bond acceptors (Lipinski definition) is 7. The molecule has 0 radical (unpaired) electrons. The van der Waals surface area contributed by atoms with Crippen LogP contribution in [-0.4, -0.2) is 30.8 Å². The standard InChI is InChI=1S/C18H16N4O5S2/c1-13-7-9-15(10-8-13)29(26,27)21(14-5-3-2-4-6-14)12-16(23)20-18-19-11-17(28-18)22(24)25/h2-11H,12H2,1H3,(H,19,20,23). The summed E-state index contributed by atoms with van der Waals surface area (Å²) in [5.74, 6) is -0.672. The van der Waals surface area contributed by atoms with Gasteiger partial charge >= 0.3 is 5.00 Å². The summed E-state index contributed by atoms with van der Waals surface area (Å²) in [7, 11) is -4.02. The molecule has 0 saturated carbocycles. The predicted octanol–water partition coefficient (Wildman–Crippen LogP) is 3.19. The highest BCUT2D eigenvalue weighted by Gasteiger charge is 2.27. The number of rotatable bonds is 7. The van der Waals surface area contributed by atoms with E-state index in [0.717, 1.165) is 16.1 Å². The highest BCUT2D eigenvalue weighted by molar-refractivity contribution is 7.92. The maximum atomic E-state index is 13.2. The van der Waals surface area contributed by atoms with Crippen molar-refractivity contribution in [1.29, 1.82) is 0 Å². The quantitative estimate of drug-likeness (QED) is 0.452. The summed E-state index contributed by atoms with van der Waals surface area (Å²) in [6, 6.07) is 14.5. The zero-order valence-electron chi connectivity index (χ0n) is 15.2. The summed E-state index contributed by atoms with van der Waals surface area (Å²) in [6.45, 7) is 1.32. The topological polar surface area (TPSA) is 123 Å². The maximum absolute atomic E-state index is 13.2. The normalized spacial score (nSPS) is 11.1. The van der Waals surface area contributed by atoms with Crippen molar-refractivity contribution in [2.45, 2.75) is 11.8 Å². The number of thiazole rings is 1. The molecule has 0 atom stereocenters. The molecular formula is C18H16N4O5S2. The van der Waals surface area contributed by atoms with Gasteiger partial charge in [-0.1, -0.05) is 35.9 Å². The Labute approximate surface area is 170 Å². The van der Waals surface area contributed by atoms with Gasteiger partial charge in [0.1, 0.15) is 12.7 Å². The summed E-state index contributed by atoms with van der Waals surface area (Å²) in [6.07, 6.45) is 1.03. The van der Waals surface area contributed by atoms with E-state index in [1.807, 2.05) is 6.92 Å². The molecule has 0 bridgehead atoms. The van der Waals surface area contributed by atoms with Crippen molar-refractivity contribution in [3.63, 3.8) is 0 Å². The largest absolute Gasteiger partial charge is 0.345 e. The number of carbonyl (C=O) groups is 1. The Bertz CT molecular complexity index is 1130. The average Bonchev–Trinajstić information content (AvgIpc) is 3.16. The smallest absolute Gasteiger partial charge is 0.300 e. The molecule has 2 aromatic carbocycles. The second kappa shape index (κ2) is 8.37. The van der Waals surface area contributed by atoms with Crippen molar-refractivity contribution in [1.82, 2.24) is 4.98 Å². The van der Waals surface area contributed by atoms with E-state index in [1.54, 1.807) is 42.5 Å². The summed E-state index contributed by atoms with van der Waals surface area (Å²) in [4.78, 5) is 26.4. The van der Waals surface area contributed by atoms with Crippen molar-refractivity contribution >= 4 is 43.1 Å². The summed E-state index contributed by atoms with van der Waals surface area (Å²) in [5, 5.41) is 12.9. The number of carbonyl (C=O) groups excluding carboxylic acids is 1. The third-order valence-corrected chi connectivity index (χ3v) is 6.51. The van der Waals surface area contributed by atoms with Crippen LogP contribution in [0.4, 0.5) is 15.8 Å². The molecule has 3 rings (SSSR count). The average molecular weight is 432 g/mol. The lowest BCUT2D eigenvalue weighted by Gasteiger charge is -2.24. The van der Waals surface area contributed by atoms with Gasteiger partial charge < -0.3 is 5.32 Å². The fourth-order valence-electron chi connectivity index (χ4n) is 2.44. The molecule has 1 N–H and O–H groups in total. The highest BCUT2D eigenvalue weighted by Crippen LogP contribution is 2.26. The van der Waals surface area contributed by atoms with Crippen LogP contribution >= 0.6 is 11.3 Å². The van der Waals surface area contributed by atoms with E-state index in [2.05, 4.69) is 10.3 Å². The van der Waals surface area contributed by atoms with Gasteiger partial charge in [-0.15, -0.1) is 0 Å². The van der Waals surface area contributed by atoms with E-state index in [9.17, 15) is 23.3 Å². The molecule has 1 aromatic heterocycles. The van der Waals surface area contributed by atoms with Crippen LogP contribution in [0.15, 0.2) is 65.7 Å². The minimum absolute atomic E-state index is 0.0162. The lowest BCUT2D eigenvalue weighted by Crippen LogP contribution is -2.38. The first-order chi connectivity index (χ1) is 13.8. The maximum Gasteiger partial charge on any atom is 0.345 e. The first-order valence-electron chi connectivity index (χ1n) is 8.32. The van der Waals surface area contributed by atoms with Crippen LogP contribution in [-0.2, 0) is 14.8 Å². The second-order valence-electron chi connectivity index (χ2n) is 5.97. The van der Waals surface area contributed by atoms with Crippen LogP contribution in [0.3, 0.4) is 0 Å². The summed E-state index contributed by atoms with van der Waals surface area (Å²) in [5.41, 5.74) is 1.21. The number of sulfonamides is 1. The number of benzene rings is 2. The lowest BCUT2D eigenvalue weighted by molar-refractivity contribution is -0.380. The van der Waals surface area contributed by atoms with E-state index in [1.165, 1.54) is 12.1 Å². The summed E-state index contributed by atoms with van der Waals surface area (Å²) < 4.78 is 27.3. The number of nitrogens with one attached hydrogen (secondary N) is 1. The van der Waals surface area contributed by atoms with Crippen molar-refractivity contribution in [3.8, 4) is 0 Å². The Morgan fingerprint density at radius 1 is 1.17 bits per heavy atom. The van der Waals surface area contributed by atoms with E-state index < -0.39 is 27.4 Å². The molecule has 1 amide bonds. The monoisotopic (exact) mass is 432 g/mol. The Morgan fingerprint density at radius 2 is 1.83 bits per heavy atom. The second-order valence-corrected chi connectivity index (χ2v) is 8.84. The van der Waals surface area contributed by atoms with Crippen molar-refractivity contribution in [2.24, 2.45) is 0 Å². The molecular weight excluding hydrogens is 416 g/mol. The Kier molecular flexibility index (Phi) is 5.89. The number of para-hydroxylation sites is 1. The van der Waals surface area contributed by atoms with E-state index in [0.29, 0.717) is 17.0 Å². The Morgan fingerprint density at radius 3 is 2.41 bits per heavy atom. The van der Waals surface area contributed by atoms with Gasteiger partial charge in [0.05, 0.1) is 15.5 Å². The molecule has 3 aromatic rings. The van der Waals surface area contributed by atoms with Gasteiger partial charge in [0.25, 0.3) is 10.0 Å². The molecule has 0 fully saturated rings. The van der Waals surface area contributed by atoms with Crippen molar-refractivity contribution < 1.29 is 18.1 Å². The fraction of sp³-hybridized carbons (Fsp3) is 0.111. The van der Waals surface area contributed by atoms with Gasteiger partial charge in [0.15, 0.2) is 5.13 Å². The molecule has 150 valence electrons. The lowest BCUT2D eigenvalue weighted by atomic mass is 10.2. The molecule has 0 spiro atoms. The van der Waals surface area contributed by atoms with Crippen molar-refractivity contribution in [3.05, 3.63) is 76.5 Å². The molecule has 0 aliphatic carbocycles. The van der Waals surface area contributed by atoms with Gasteiger partial charge in [-0.25, -0.2) is 13.4 Å². The molecule has 11 heteroatoms. The van der Waals surface area contributed by atoms with Gasteiger partial charge in [0.2, 0.25) is 5.91 Å². The van der Waals surface area contributed by atoms with Gasteiger partial charge in [-0.3, -0.25) is 19.2 Å². The van der Waals surface area contributed by atoms with Crippen LogP contribution in [0, 0.1) is 17.0 Å². The number of aryl methyl sites for hydroxylation is 1. The van der Waals surface area contributed by atoms with Crippen LogP contribution in [0.2, 0.25) is 0 Å². The minimum atomic E-state index is -4.02. The van der Waals surface area contributed by atoms with E-state index in [-0.39, 0.29) is 15.0 Å². The summed E-state index contributed by atoms with van der Waals surface area (Å²) >= 11 is 0.688. The number of anilines is 2. The molecule has 29 heavy (non-hydrogen) atoms. The third-order valence-electron chi connectivity index (χ3n) is 3.86. The molecule has 0 unspecified atom stereocenters. The van der Waals surface area contributed by atoms with Gasteiger partial charge in [0, 0.05) is 0 Å². The van der Waals surface area contributed by atoms with Crippen LogP contribution in [0.5, 0.6) is 0 Å². The molecule has 9 nitrogen and oxygen atoms in total. The van der Waals surface area contributed by atoms with Crippen LogP contribution in [0.1, 0.15) is 5.56 Å².